The molecule has 1 aromatic heterocycles. The van der Waals surface area contributed by atoms with Crippen LogP contribution in [-0.2, 0) is 0 Å². The highest BCUT2D eigenvalue weighted by molar-refractivity contribution is 6.39. The average molecular weight is 219 g/mol. The molecule has 0 unspecified atom stereocenters. The van der Waals surface area contributed by atoms with E-state index in [1.807, 2.05) is 24.3 Å². The van der Waals surface area contributed by atoms with Crippen LogP contribution in [0.1, 0.15) is 0 Å². The van der Waals surface area contributed by atoms with Crippen LogP contribution < -0.4 is 0 Å². The van der Waals surface area contributed by atoms with Gasteiger partial charge in [0.05, 0.1) is 10.4 Å². The number of halogens is 1. The van der Waals surface area contributed by atoms with Crippen LogP contribution in [0.25, 0.3) is 21.9 Å². The number of aromatic hydroxyl groups is 1. The Morgan fingerprint density at radius 3 is 2.67 bits per heavy atom. The third-order valence-corrected chi connectivity index (χ3v) is 2.84. The topological polar surface area (TPSA) is 33.4 Å². The second-order valence-electron chi connectivity index (χ2n) is 3.37. The smallest absolute Gasteiger partial charge is 0.137 e. The van der Waals surface area contributed by atoms with E-state index >= 15 is 0 Å². The molecule has 2 aromatic carbocycles. The maximum absolute atomic E-state index is 9.52. The van der Waals surface area contributed by atoms with Gasteiger partial charge < -0.3 is 9.52 Å². The Morgan fingerprint density at radius 1 is 1.00 bits per heavy atom. The van der Waals surface area contributed by atoms with E-state index in [1.165, 1.54) is 6.07 Å². The Kier molecular flexibility index (Phi) is 1.67. The van der Waals surface area contributed by atoms with Gasteiger partial charge in [-0.25, -0.2) is 0 Å². The normalized spacial score (nSPS) is 11.3. The molecule has 0 aliphatic heterocycles. The lowest BCUT2D eigenvalue weighted by atomic mass is 10.1. The minimum Gasteiger partial charge on any atom is -0.506 e. The molecule has 0 spiro atoms. The molecule has 15 heavy (non-hydrogen) atoms. The zero-order valence-corrected chi connectivity index (χ0v) is 8.45. The van der Waals surface area contributed by atoms with Gasteiger partial charge in [0.2, 0.25) is 0 Å². The van der Waals surface area contributed by atoms with Crippen molar-refractivity contribution in [1.29, 1.82) is 0 Å². The van der Waals surface area contributed by atoms with Crippen molar-refractivity contribution in [3.63, 3.8) is 0 Å². The molecule has 0 aliphatic rings. The molecule has 0 fully saturated rings. The van der Waals surface area contributed by atoms with Crippen molar-refractivity contribution >= 4 is 33.5 Å². The highest BCUT2D eigenvalue weighted by atomic mass is 35.5. The van der Waals surface area contributed by atoms with Crippen LogP contribution in [0, 0.1) is 0 Å². The summed E-state index contributed by atoms with van der Waals surface area (Å²) >= 11 is 6.04. The highest BCUT2D eigenvalue weighted by Crippen LogP contribution is 2.38. The summed E-state index contributed by atoms with van der Waals surface area (Å²) in [5.74, 6) is 0.0794. The van der Waals surface area contributed by atoms with Crippen molar-refractivity contribution in [3.05, 3.63) is 41.4 Å². The molecule has 1 N–H and O–H groups in total. The van der Waals surface area contributed by atoms with Crippen molar-refractivity contribution in [1.82, 2.24) is 0 Å². The summed E-state index contributed by atoms with van der Waals surface area (Å²) < 4.78 is 5.59. The monoisotopic (exact) mass is 218 g/mol. The summed E-state index contributed by atoms with van der Waals surface area (Å²) in [6, 6.07) is 10.9. The van der Waals surface area contributed by atoms with E-state index in [9.17, 15) is 5.11 Å². The number of phenols is 1. The number of hydrogen-bond acceptors (Lipinski definition) is 2. The Bertz CT molecular complexity index is 655. The summed E-state index contributed by atoms with van der Waals surface area (Å²) in [6.45, 7) is 0. The van der Waals surface area contributed by atoms with Crippen LogP contribution in [0.15, 0.2) is 40.8 Å². The quantitative estimate of drug-likeness (QED) is 0.620. The molecule has 0 aliphatic carbocycles. The van der Waals surface area contributed by atoms with Crippen molar-refractivity contribution in [2.75, 3.05) is 0 Å². The van der Waals surface area contributed by atoms with Crippen LogP contribution in [0.4, 0.5) is 0 Å². The second kappa shape index (κ2) is 2.91. The van der Waals surface area contributed by atoms with Gasteiger partial charge in [0.25, 0.3) is 0 Å². The number of benzene rings is 2. The van der Waals surface area contributed by atoms with Gasteiger partial charge >= 0.3 is 0 Å². The summed E-state index contributed by atoms with van der Waals surface area (Å²) in [6.07, 6.45) is 0. The number of rotatable bonds is 0. The minimum atomic E-state index is 0.0794. The summed E-state index contributed by atoms with van der Waals surface area (Å²) in [4.78, 5) is 0. The molecule has 74 valence electrons. The molecule has 0 amide bonds. The van der Waals surface area contributed by atoms with E-state index in [1.54, 1.807) is 6.07 Å². The first-order valence-corrected chi connectivity index (χ1v) is 4.94. The number of hydrogen-bond donors (Lipinski definition) is 1. The van der Waals surface area contributed by atoms with Crippen LogP contribution in [0.3, 0.4) is 0 Å². The predicted molar refractivity (Wildman–Crippen MR) is 60.4 cm³/mol. The van der Waals surface area contributed by atoms with Gasteiger partial charge in [-0.15, -0.1) is 0 Å². The molecule has 0 saturated carbocycles. The third-order valence-electron chi connectivity index (χ3n) is 2.46. The molecule has 3 heteroatoms. The molecule has 0 atom stereocenters. The van der Waals surface area contributed by atoms with Gasteiger partial charge in [0.15, 0.2) is 0 Å². The first kappa shape index (κ1) is 8.62. The molecule has 0 saturated heterocycles. The number of fused-ring (bicyclic) bond motifs is 3. The van der Waals surface area contributed by atoms with Crippen molar-refractivity contribution in [3.8, 4) is 5.75 Å². The fraction of sp³-hybridized carbons (Fsp3) is 0. The molecule has 0 radical (unpaired) electrons. The van der Waals surface area contributed by atoms with E-state index in [0.29, 0.717) is 10.6 Å². The average Bonchev–Trinajstić information content (AvgIpc) is 2.62. The van der Waals surface area contributed by atoms with E-state index in [0.717, 1.165) is 16.4 Å². The van der Waals surface area contributed by atoms with E-state index < -0.39 is 0 Å². The fourth-order valence-corrected chi connectivity index (χ4v) is 2.02. The number of phenolic OH excluding ortho intramolecular Hbond substituents is 1. The summed E-state index contributed by atoms with van der Waals surface area (Å²) in [7, 11) is 0. The lowest BCUT2D eigenvalue weighted by molar-refractivity contribution is 0.476. The first-order valence-electron chi connectivity index (χ1n) is 4.56. The maximum Gasteiger partial charge on any atom is 0.137 e. The van der Waals surface area contributed by atoms with E-state index in [2.05, 4.69) is 0 Å². The molecule has 1 heterocycles. The second-order valence-corrected chi connectivity index (χ2v) is 3.75. The van der Waals surface area contributed by atoms with Gasteiger partial charge in [-0.3, -0.25) is 0 Å². The predicted octanol–water partition coefficient (Wildman–Crippen LogP) is 3.95. The molecule has 0 bridgehead atoms. The molecule has 2 nitrogen and oxygen atoms in total. The van der Waals surface area contributed by atoms with Crippen molar-refractivity contribution in [2.45, 2.75) is 0 Å². The summed E-state index contributed by atoms with van der Waals surface area (Å²) in [5, 5.41) is 11.6. The van der Waals surface area contributed by atoms with Gasteiger partial charge in [0.1, 0.15) is 16.9 Å². The fourth-order valence-electron chi connectivity index (χ4n) is 1.76. The lowest BCUT2D eigenvalue weighted by Gasteiger charge is -1.96. The Balaban J connectivity index is 2.63. The van der Waals surface area contributed by atoms with Gasteiger partial charge in [0, 0.05) is 5.39 Å². The number of furan rings is 1. The van der Waals surface area contributed by atoms with Crippen molar-refractivity contribution < 1.29 is 9.52 Å². The Labute approximate surface area is 90.7 Å². The van der Waals surface area contributed by atoms with Gasteiger partial charge in [-0.2, -0.15) is 0 Å². The van der Waals surface area contributed by atoms with E-state index in [4.69, 9.17) is 16.0 Å². The van der Waals surface area contributed by atoms with Crippen molar-refractivity contribution in [2.24, 2.45) is 0 Å². The zero-order chi connectivity index (χ0) is 10.4. The SMILES string of the molecule is Oc1ccc2oc3ccccc3c2c1Cl. The Hall–Kier alpha value is -1.67. The third kappa shape index (κ3) is 1.12. The van der Waals surface area contributed by atoms with Gasteiger partial charge in [-0.05, 0) is 18.2 Å². The molecular weight excluding hydrogens is 212 g/mol. The number of para-hydroxylation sites is 1. The Morgan fingerprint density at radius 2 is 1.80 bits per heavy atom. The van der Waals surface area contributed by atoms with Crippen LogP contribution in [0.2, 0.25) is 5.02 Å². The molecule has 3 aromatic rings. The molecule has 3 rings (SSSR count). The largest absolute Gasteiger partial charge is 0.506 e. The maximum atomic E-state index is 9.52. The van der Waals surface area contributed by atoms with Gasteiger partial charge in [-0.1, -0.05) is 29.8 Å². The lowest BCUT2D eigenvalue weighted by Crippen LogP contribution is -1.70. The standard InChI is InChI=1S/C12H7ClO2/c13-12-8(14)5-6-10-11(12)7-3-1-2-4-9(7)15-10/h1-6,14H. The van der Waals surface area contributed by atoms with E-state index in [-0.39, 0.29) is 5.75 Å². The highest BCUT2D eigenvalue weighted by Gasteiger charge is 2.11. The molecular formula is C12H7ClO2. The van der Waals surface area contributed by atoms with Crippen LogP contribution in [-0.4, -0.2) is 5.11 Å². The minimum absolute atomic E-state index is 0.0794. The van der Waals surface area contributed by atoms with Crippen LogP contribution in [0.5, 0.6) is 5.75 Å². The summed E-state index contributed by atoms with van der Waals surface area (Å²) in [5.41, 5.74) is 1.47. The zero-order valence-electron chi connectivity index (χ0n) is 7.70. The van der Waals surface area contributed by atoms with Crippen LogP contribution >= 0.6 is 11.6 Å². The first-order chi connectivity index (χ1) is 7.27.